The fourth-order valence-corrected chi connectivity index (χ4v) is 1.26. The quantitative estimate of drug-likeness (QED) is 0.571. The number of alkyl halides is 5. The van der Waals surface area contributed by atoms with Crippen molar-refractivity contribution < 1.29 is 36.6 Å². The van der Waals surface area contributed by atoms with Gasteiger partial charge in [-0.15, -0.1) is 0 Å². The minimum absolute atomic E-state index is 0.367. The predicted octanol–water partition coefficient (Wildman–Crippen LogP) is 0.450. The van der Waals surface area contributed by atoms with Gasteiger partial charge in [-0.2, -0.15) is 22.0 Å². The van der Waals surface area contributed by atoms with Crippen LogP contribution in [0.5, 0.6) is 0 Å². The van der Waals surface area contributed by atoms with Crippen molar-refractivity contribution in [3.05, 3.63) is 0 Å². The van der Waals surface area contributed by atoms with Crippen LogP contribution in [-0.2, 0) is 9.53 Å². The highest BCUT2D eigenvalue weighted by Crippen LogP contribution is 2.30. The van der Waals surface area contributed by atoms with Crippen molar-refractivity contribution in [3.8, 4) is 0 Å². The summed E-state index contributed by atoms with van der Waals surface area (Å²) in [6, 6.07) is 0. The second-order valence-electron chi connectivity index (χ2n) is 3.65. The number of rotatable bonds is 4. The van der Waals surface area contributed by atoms with Gasteiger partial charge >= 0.3 is 18.1 Å². The van der Waals surface area contributed by atoms with E-state index in [1.165, 1.54) is 0 Å². The van der Waals surface area contributed by atoms with Gasteiger partial charge in [0.1, 0.15) is 6.10 Å². The van der Waals surface area contributed by atoms with Crippen LogP contribution in [0.4, 0.5) is 22.0 Å². The maximum Gasteiger partial charge on any atom is 0.415 e. The van der Waals surface area contributed by atoms with Gasteiger partial charge in [0.2, 0.25) is 0 Å². The molecule has 1 rings (SSSR count). The second-order valence-corrected chi connectivity index (χ2v) is 3.65. The lowest BCUT2D eigenvalue weighted by atomic mass is 10.2. The molecule has 0 saturated carbocycles. The van der Waals surface area contributed by atoms with Crippen LogP contribution in [0.1, 0.15) is 6.42 Å². The number of esters is 1. The molecule has 0 bridgehead atoms. The Hall–Kier alpha value is -0.960. The van der Waals surface area contributed by atoms with Gasteiger partial charge in [0.25, 0.3) is 0 Å². The molecular weight excluding hydrogens is 253 g/mol. The molecule has 2 N–H and O–H groups in total. The molecule has 4 nitrogen and oxygen atoms in total. The summed E-state index contributed by atoms with van der Waals surface area (Å²) in [5, 5.41) is 10.7. The molecule has 0 spiro atoms. The molecule has 0 aromatic rings. The number of ether oxygens (including phenoxy) is 1. The van der Waals surface area contributed by atoms with E-state index in [2.05, 4.69) is 10.1 Å². The van der Waals surface area contributed by atoms with Gasteiger partial charge in [0.05, 0.1) is 6.42 Å². The molecule has 0 aromatic heterocycles. The Morgan fingerprint density at radius 3 is 2.53 bits per heavy atom. The fourth-order valence-electron chi connectivity index (χ4n) is 1.26. The molecule has 0 radical (unpaired) electrons. The smallest absolute Gasteiger partial charge is 0.415 e. The zero-order valence-electron chi connectivity index (χ0n) is 8.43. The third-order valence-corrected chi connectivity index (χ3v) is 2.14. The Bertz CT molecular complexity index is 293. The maximum absolute atomic E-state index is 12.6. The summed E-state index contributed by atoms with van der Waals surface area (Å²) >= 11 is 0. The highest BCUT2D eigenvalue weighted by molar-refractivity contribution is 5.79. The molecule has 1 fully saturated rings. The SMILES string of the molecule is O=C1OC(CNCC(O)C(F)(F)F)CC1(F)F. The van der Waals surface area contributed by atoms with Crippen molar-refractivity contribution in [2.24, 2.45) is 0 Å². The van der Waals surface area contributed by atoms with Gasteiger partial charge in [-0.25, -0.2) is 4.79 Å². The molecule has 1 aliphatic heterocycles. The Labute approximate surface area is 92.7 Å². The van der Waals surface area contributed by atoms with Crippen LogP contribution < -0.4 is 5.32 Å². The van der Waals surface area contributed by atoms with E-state index in [1.807, 2.05) is 0 Å². The fraction of sp³-hybridized carbons (Fsp3) is 0.875. The van der Waals surface area contributed by atoms with Crippen molar-refractivity contribution in [3.63, 3.8) is 0 Å². The summed E-state index contributed by atoms with van der Waals surface area (Å²) in [5.41, 5.74) is 0. The zero-order valence-corrected chi connectivity index (χ0v) is 8.43. The lowest BCUT2D eigenvalue weighted by Crippen LogP contribution is -2.40. The second kappa shape index (κ2) is 4.73. The molecule has 2 unspecified atom stereocenters. The van der Waals surface area contributed by atoms with E-state index < -0.39 is 43.2 Å². The van der Waals surface area contributed by atoms with Crippen LogP contribution >= 0.6 is 0 Å². The van der Waals surface area contributed by atoms with E-state index in [-0.39, 0.29) is 6.54 Å². The van der Waals surface area contributed by atoms with Crippen LogP contribution in [0, 0.1) is 0 Å². The Balaban J connectivity index is 2.28. The first-order valence-corrected chi connectivity index (χ1v) is 4.67. The van der Waals surface area contributed by atoms with Crippen molar-refractivity contribution in [1.82, 2.24) is 5.32 Å². The molecule has 9 heteroatoms. The van der Waals surface area contributed by atoms with Crippen LogP contribution in [0.25, 0.3) is 0 Å². The van der Waals surface area contributed by atoms with Gasteiger partial charge < -0.3 is 15.2 Å². The normalized spacial score (nSPS) is 25.8. The van der Waals surface area contributed by atoms with Crippen LogP contribution in [0.2, 0.25) is 0 Å². The zero-order chi connectivity index (χ0) is 13.3. The van der Waals surface area contributed by atoms with Crippen LogP contribution in [0.15, 0.2) is 0 Å². The number of aliphatic hydroxyl groups is 1. The number of carbonyl (C=O) groups is 1. The molecule has 1 heterocycles. The molecule has 0 amide bonds. The number of hydrogen-bond acceptors (Lipinski definition) is 4. The van der Waals surface area contributed by atoms with Gasteiger partial charge in [-0.1, -0.05) is 0 Å². The summed E-state index contributed by atoms with van der Waals surface area (Å²) in [4.78, 5) is 10.5. The molecule has 0 aromatic carbocycles. The maximum atomic E-state index is 12.6. The number of halogens is 5. The Morgan fingerprint density at radius 2 is 2.12 bits per heavy atom. The minimum atomic E-state index is -4.77. The van der Waals surface area contributed by atoms with E-state index in [9.17, 15) is 26.7 Å². The third kappa shape index (κ3) is 3.77. The summed E-state index contributed by atoms with van der Waals surface area (Å²) in [7, 11) is 0. The van der Waals surface area contributed by atoms with Crippen LogP contribution in [-0.4, -0.2) is 48.5 Å². The molecule has 2 atom stereocenters. The van der Waals surface area contributed by atoms with E-state index in [4.69, 9.17) is 5.11 Å². The van der Waals surface area contributed by atoms with Crippen molar-refractivity contribution in [2.75, 3.05) is 13.1 Å². The molecule has 1 saturated heterocycles. The van der Waals surface area contributed by atoms with E-state index in [0.29, 0.717) is 0 Å². The first kappa shape index (κ1) is 14.1. The van der Waals surface area contributed by atoms with E-state index in [0.717, 1.165) is 0 Å². The van der Waals surface area contributed by atoms with Crippen molar-refractivity contribution in [1.29, 1.82) is 0 Å². The average Bonchev–Trinajstić information content (AvgIpc) is 2.39. The lowest BCUT2D eigenvalue weighted by molar-refractivity contribution is -0.202. The third-order valence-electron chi connectivity index (χ3n) is 2.14. The van der Waals surface area contributed by atoms with Crippen molar-refractivity contribution >= 4 is 5.97 Å². The number of aliphatic hydroxyl groups excluding tert-OH is 1. The summed E-state index contributed by atoms with van der Waals surface area (Å²) < 4.78 is 65.0. The van der Waals surface area contributed by atoms with E-state index in [1.54, 1.807) is 0 Å². The molecule has 100 valence electrons. The number of hydrogen-bond donors (Lipinski definition) is 2. The number of cyclic esters (lactones) is 1. The lowest BCUT2D eigenvalue weighted by Gasteiger charge is -2.16. The summed E-state index contributed by atoms with van der Waals surface area (Å²) in [6.45, 7) is -1.21. The molecule has 0 aliphatic carbocycles. The van der Waals surface area contributed by atoms with Crippen molar-refractivity contribution in [2.45, 2.75) is 30.7 Å². The first-order chi connectivity index (χ1) is 7.63. The highest BCUT2D eigenvalue weighted by atomic mass is 19.4. The largest absolute Gasteiger partial charge is 0.456 e. The van der Waals surface area contributed by atoms with Crippen LogP contribution in [0.3, 0.4) is 0 Å². The monoisotopic (exact) mass is 263 g/mol. The van der Waals surface area contributed by atoms with Gasteiger partial charge in [0, 0.05) is 13.1 Å². The predicted molar refractivity (Wildman–Crippen MR) is 44.4 cm³/mol. The summed E-state index contributed by atoms with van der Waals surface area (Å²) in [6.07, 6.45) is -9.41. The highest BCUT2D eigenvalue weighted by Gasteiger charge is 2.50. The van der Waals surface area contributed by atoms with E-state index >= 15 is 0 Å². The van der Waals surface area contributed by atoms with Gasteiger partial charge in [-0.3, -0.25) is 0 Å². The topological polar surface area (TPSA) is 58.6 Å². The number of carbonyl (C=O) groups excluding carboxylic acids is 1. The molecular formula is C8H10F5NO3. The standard InChI is InChI=1S/C8H10F5NO3/c9-7(10)1-4(17-6(7)16)2-14-3-5(15)8(11,12)13/h4-5,14-15H,1-3H2. The molecule has 17 heavy (non-hydrogen) atoms. The first-order valence-electron chi connectivity index (χ1n) is 4.67. The minimum Gasteiger partial charge on any atom is -0.456 e. The number of nitrogens with one attached hydrogen (secondary N) is 1. The Kier molecular flexibility index (Phi) is 3.92. The van der Waals surface area contributed by atoms with Gasteiger partial charge in [-0.05, 0) is 0 Å². The molecule has 1 aliphatic rings. The van der Waals surface area contributed by atoms with Gasteiger partial charge in [0.15, 0.2) is 6.10 Å². The summed E-state index contributed by atoms with van der Waals surface area (Å²) in [5.74, 6) is -5.27. The average molecular weight is 263 g/mol. The Morgan fingerprint density at radius 1 is 1.53 bits per heavy atom.